The van der Waals surface area contributed by atoms with E-state index in [-0.39, 0.29) is 16.9 Å². The van der Waals surface area contributed by atoms with Crippen molar-refractivity contribution in [2.24, 2.45) is 5.73 Å². The first-order valence-electron chi connectivity index (χ1n) is 9.71. The van der Waals surface area contributed by atoms with Crippen LogP contribution in [-0.2, 0) is 27.8 Å². The van der Waals surface area contributed by atoms with Crippen molar-refractivity contribution in [3.8, 4) is 0 Å². The Labute approximate surface area is 167 Å². The zero-order valence-corrected chi connectivity index (χ0v) is 16.5. The topological polar surface area (TPSA) is 90.5 Å². The molecule has 2 unspecified atom stereocenters. The summed E-state index contributed by atoms with van der Waals surface area (Å²) in [5.41, 5.74) is 8.03. The van der Waals surface area contributed by atoms with E-state index < -0.39 is 33.8 Å². The maximum atomic E-state index is 14.1. The fraction of sp³-hybridized carbons (Fsp3) is 0.526. The van der Waals surface area contributed by atoms with Crippen LogP contribution >= 0.6 is 0 Å². The van der Waals surface area contributed by atoms with Crippen LogP contribution in [0.5, 0.6) is 0 Å². The van der Waals surface area contributed by atoms with Crippen molar-refractivity contribution in [2.45, 2.75) is 55.8 Å². The SMILES string of the molecule is N[C@H]1CC(N2Cc3cn(S(=O)(=O)C4CC4)nc3C2)COC1c1cc(F)ccc1F. The quantitative estimate of drug-likeness (QED) is 0.803. The first-order valence-corrected chi connectivity index (χ1v) is 11.2. The number of benzene rings is 1. The van der Waals surface area contributed by atoms with Gasteiger partial charge in [0.2, 0.25) is 0 Å². The molecule has 3 atom stereocenters. The number of halogens is 2. The molecule has 1 saturated carbocycles. The summed E-state index contributed by atoms with van der Waals surface area (Å²) in [5.74, 6) is -1.06. The number of hydrogen-bond donors (Lipinski definition) is 1. The molecule has 2 fully saturated rings. The lowest BCUT2D eigenvalue weighted by atomic mass is 9.93. The molecular formula is C19H22F2N4O3S. The summed E-state index contributed by atoms with van der Waals surface area (Å²) in [6, 6.07) is 2.81. The van der Waals surface area contributed by atoms with Crippen LogP contribution in [0.25, 0.3) is 0 Å². The predicted molar refractivity (Wildman–Crippen MR) is 100 cm³/mol. The van der Waals surface area contributed by atoms with Gasteiger partial charge in [0.15, 0.2) is 0 Å². The summed E-state index contributed by atoms with van der Waals surface area (Å²) < 4.78 is 59.2. The van der Waals surface area contributed by atoms with Crippen molar-refractivity contribution < 1.29 is 21.9 Å². The Kier molecular flexibility index (Phi) is 4.50. The molecule has 5 rings (SSSR count). The molecular weight excluding hydrogens is 402 g/mol. The number of rotatable bonds is 4. The van der Waals surface area contributed by atoms with Crippen molar-refractivity contribution in [3.63, 3.8) is 0 Å². The number of nitrogens with zero attached hydrogens (tertiary/aromatic N) is 3. The molecule has 2 aliphatic heterocycles. The van der Waals surface area contributed by atoms with E-state index in [1.807, 2.05) is 0 Å². The van der Waals surface area contributed by atoms with Crippen LogP contribution in [-0.4, -0.2) is 46.4 Å². The largest absolute Gasteiger partial charge is 0.370 e. The van der Waals surface area contributed by atoms with Crippen molar-refractivity contribution >= 4 is 10.0 Å². The Bertz CT molecular complexity index is 1030. The lowest BCUT2D eigenvalue weighted by Crippen LogP contribution is -2.47. The Morgan fingerprint density at radius 1 is 1.21 bits per heavy atom. The molecule has 0 radical (unpaired) electrons. The Morgan fingerprint density at radius 3 is 2.69 bits per heavy atom. The van der Waals surface area contributed by atoms with E-state index in [4.69, 9.17) is 10.5 Å². The van der Waals surface area contributed by atoms with E-state index in [0.29, 0.717) is 39.0 Å². The first kappa shape index (κ1) is 19.1. The normalized spacial score (nSPS) is 27.9. The highest BCUT2D eigenvalue weighted by atomic mass is 32.2. The van der Waals surface area contributed by atoms with E-state index in [9.17, 15) is 17.2 Å². The summed E-state index contributed by atoms with van der Waals surface area (Å²) in [5, 5.41) is 3.99. The molecule has 2 aromatic rings. The second-order valence-electron chi connectivity index (χ2n) is 8.10. The van der Waals surface area contributed by atoms with Crippen molar-refractivity contribution in [2.75, 3.05) is 6.61 Å². The maximum absolute atomic E-state index is 14.1. The molecule has 0 amide bonds. The smallest absolute Gasteiger partial charge is 0.256 e. The van der Waals surface area contributed by atoms with Crippen LogP contribution in [0.2, 0.25) is 0 Å². The van der Waals surface area contributed by atoms with Crippen LogP contribution in [0.1, 0.15) is 42.2 Å². The monoisotopic (exact) mass is 424 g/mol. The Hall–Kier alpha value is -1.88. The van der Waals surface area contributed by atoms with Gasteiger partial charge in [0.05, 0.1) is 17.6 Å². The standard InChI is InChI=1S/C19H22F2N4O3S/c20-12-1-4-16(21)15(5-12)19-17(22)6-13(10-28-19)24-7-11-8-25(23-18(11)9-24)29(26,27)14-2-3-14/h1,4-5,8,13-14,17,19H,2-3,6-7,9-10,22H2/t13?,17-,19?/m0/s1. The van der Waals surface area contributed by atoms with Gasteiger partial charge in [-0.2, -0.15) is 9.19 Å². The van der Waals surface area contributed by atoms with Gasteiger partial charge in [0.25, 0.3) is 10.0 Å². The molecule has 0 spiro atoms. The molecule has 1 aromatic carbocycles. The molecule has 2 N–H and O–H groups in total. The van der Waals surface area contributed by atoms with Gasteiger partial charge in [-0.05, 0) is 37.5 Å². The van der Waals surface area contributed by atoms with E-state index in [1.165, 1.54) is 0 Å². The molecule has 10 heteroatoms. The second kappa shape index (κ2) is 6.83. The lowest BCUT2D eigenvalue weighted by Gasteiger charge is -2.38. The van der Waals surface area contributed by atoms with E-state index >= 15 is 0 Å². The minimum atomic E-state index is -3.36. The van der Waals surface area contributed by atoms with Crippen LogP contribution < -0.4 is 5.73 Å². The highest BCUT2D eigenvalue weighted by molar-refractivity contribution is 7.90. The summed E-state index contributed by atoms with van der Waals surface area (Å²) in [7, 11) is -3.36. The molecule has 3 heterocycles. The molecule has 1 aromatic heterocycles. The minimum Gasteiger partial charge on any atom is -0.370 e. The summed E-state index contributed by atoms with van der Waals surface area (Å²) in [6.45, 7) is 1.41. The van der Waals surface area contributed by atoms with Crippen LogP contribution in [0, 0.1) is 11.6 Å². The zero-order chi connectivity index (χ0) is 20.3. The van der Waals surface area contributed by atoms with Gasteiger partial charge in [-0.25, -0.2) is 17.2 Å². The van der Waals surface area contributed by atoms with E-state index in [0.717, 1.165) is 33.5 Å². The van der Waals surface area contributed by atoms with E-state index in [2.05, 4.69) is 10.00 Å². The number of aromatic nitrogens is 2. The fourth-order valence-electron chi connectivity index (χ4n) is 4.21. The molecule has 1 saturated heterocycles. The second-order valence-corrected chi connectivity index (χ2v) is 10.2. The van der Waals surface area contributed by atoms with Gasteiger partial charge in [-0.3, -0.25) is 4.90 Å². The number of ether oxygens (including phenoxy) is 1. The van der Waals surface area contributed by atoms with Gasteiger partial charge in [0.1, 0.15) is 17.7 Å². The highest BCUT2D eigenvalue weighted by Crippen LogP contribution is 2.35. The van der Waals surface area contributed by atoms with Crippen LogP contribution in [0.15, 0.2) is 24.4 Å². The Morgan fingerprint density at radius 2 is 2.00 bits per heavy atom. The van der Waals surface area contributed by atoms with Gasteiger partial charge < -0.3 is 10.5 Å². The van der Waals surface area contributed by atoms with Gasteiger partial charge in [-0.1, -0.05) is 0 Å². The third kappa shape index (κ3) is 3.37. The van der Waals surface area contributed by atoms with E-state index in [1.54, 1.807) is 6.20 Å². The molecule has 1 aliphatic carbocycles. The lowest BCUT2D eigenvalue weighted by molar-refractivity contribution is -0.0533. The van der Waals surface area contributed by atoms with Crippen molar-refractivity contribution in [1.82, 2.24) is 14.1 Å². The Balaban J connectivity index is 1.26. The molecule has 156 valence electrons. The van der Waals surface area contributed by atoms with Crippen LogP contribution in [0.3, 0.4) is 0 Å². The summed E-state index contributed by atoms with van der Waals surface area (Å²) in [6.07, 6.45) is 2.87. The fourth-order valence-corrected chi connectivity index (χ4v) is 5.73. The number of hydrogen-bond acceptors (Lipinski definition) is 6. The maximum Gasteiger partial charge on any atom is 0.256 e. The summed E-state index contributed by atoms with van der Waals surface area (Å²) >= 11 is 0. The number of nitrogens with two attached hydrogens (primary N) is 1. The van der Waals surface area contributed by atoms with Gasteiger partial charge in [0, 0.05) is 42.5 Å². The zero-order valence-electron chi connectivity index (χ0n) is 15.7. The third-order valence-electron chi connectivity index (χ3n) is 5.97. The average molecular weight is 424 g/mol. The number of fused-ring (bicyclic) bond motifs is 1. The molecule has 0 bridgehead atoms. The molecule has 3 aliphatic rings. The van der Waals surface area contributed by atoms with Crippen molar-refractivity contribution in [1.29, 1.82) is 0 Å². The van der Waals surface area contributed by atoms with Gasteiger partial charge in [-0.15, -0.1) is 0 Å². The first-order chi connectivity index (χ1) is 13.8. The minimum absolute atomic E-state index is 0.000518. The molecule has 7 nitrogen and oxygen atoms in total. The molecule has 29 heavy (non-hydrogen) atoms. The summed E-state index contributed by atoms with van der Waals surface area (Å²) in [4.78, 5) is 2.14. The average Bonchev–Trinajstić information content (AvgIpc) is 3.35. The van der Waals surface area contributed by atoms with Gasteiger partial charge >= 0.3 is 0 Å². The van der Waals surface area contributed by atoms with Crippen molar-refractivity contribution in [3.05, 3.63) is 52.9 Å². The predicted octanol–water partition coefficient (Wildman–Crippen LogP) is 1.67. The highest BCUT2D eigenvalue weighted by Gasteiger charge is 2.40. The van der Waals surface area contributed by atoms with Crippen LogP contribution in [0.4, 0.5) is 8.78 Å². The third-order valence-corrected chi connectivity index (χ3v) is 7.99.